The molecule has 2 heterocycles. The third kappa shape index (κ3) is 2.55. The number of aryl methyl sites for hydroxylation is 1. The Morgan fingerprint density at radius 1 is 1.62 bits per heavy atom. The van der Waals surface area contributed by atoms with Crippen molar-refractivity contribution >= 4 is 5.97 Å². The predicted molar refractivity (Wildman–Crippen MR) is 56.4 cm³/mol. The Morgan fingerprint density at radius 3 is 3.06 bits per heavy atom. The molecule has 16 heavy (non-hydrogen) atoms. The summed E-state index contributed by atoms with van der Waals surface area (Å²) >= 11 is 0. The van der Waals surface area contributed by atoms with Crippen molar-refractivity contribution in [2.45, 2.75) is 32.3 Å². The molecule has 0 radical (unpaired) electrons. The van der Waals surface area contributed by atoms with E-state index < -0.39 is 5.97 Å². The molecule has 1 atom stereocenters. The first kappa shape index (κ1) is 11.0. The number of carbonyl (C=O) groups is 1. The average Bonchev–Trinajstić information content (AvgIpc) is 2.69. The molecule has 0 saturated carbocycles. The van der Waals surface area contributed by atoms with Gasteiger partial charge in [-0.25, -0.2) is 14.8 Å². The van der Waals surface area contributed by atoms with E-state index >= 15 is 0 Å². The van der Waals surface area contributed by atoms with Crippen LogP contribution in [0.1, 0.15) is 34.8 Å². The first-order valence-corrected chi connectivity index (χ1v) is 5.34. The van der Waals surface area contributed by atoms with Crippen LogP contribution in [0.15, 0.2) is 6.07 Å². The summed E-state index contributed by atoms with van der Waals surface area (Å²) in [6.07, 6.45) is 2.80. The molecule has 1 unspecified atom stereocenters. The van der Waals surface area contributed by atoms with Crippen molar-refractivity contribution in [2.75, 3.05) is 6.61 Å². The summed E-state index contributed by atoms with van der Waals surface area (Å²) in [4.78, 5) is 19.1. The fourth-order valence-electron chi connectivity index (χ4n) is 1.84. The molecular formula is C11H14N2O3. The number of nitrogens with zero attached hydrogens (tertiary/aromatic N) is 2. The quantitative estimate of drug-likeness (QED) is 0.832. The van der Waals surface area contributed by atoms with E-state index in [4.69, 9.17) is 9.84 Å². The van der Waals surface area contributed by atoms with Crippen molar-refractivity contribution in [2.24, 2.45) is 0 Å². The van der Waals surface area contributed by atoms with Gasteiger partial charge in [-0.2, -0.15) is 0 Å². The second-order valence-corrected chi connectivity index (χ2v) is 3.96. The maximum Gasteiger partial charge on any atom is 0.354 e. The molecule has 86 valence electrons. The van der Waals surface area contributed by atoms with Crippen LogP contribution in [0, 0.1) is 6.92 Å². The van der Waals surface area contributed by atoms with E-state index in [1.54, 1.807) is 6.92 Å². The van der Waals surface area contributed by atoms with Crippen molar-refractivity contribution in [3.63, 3.8) is 0 Å². The summed E-state index contributed by atoms with van der Waals surface area (Å²) in [5.74, 6) is -0.455. The van der Waals surface area contributed by atoms with E-state index in [0.29, 0.717) is 17.9 Å². The SMILES string of the molecule is Cc1cc(C(=O)O)nc(CC2CCCO2)n1. The average molecular weight is 222 g/mol. The molecule has 2 rings (SSSR count). The standard InChI is InChI=1S/C11H14N2O3/c1-7-5-9(11(14)15)13-10(12-7)6-8-3-2-4-16-8/h5,8H,2-4,6H2,1H3,(H,14,15). The van der Waals surface area contributed by atoms with E-state index in [0.717, 1.165) is 19.4 Å². The molecule has 5 heteroatoms. The molecule has 1 aliphatic heterocycles. The van der Waals surface area contributed by atoms with Crippen LogP contribution in [0.25, 0.3) is 0 Å². The number of aromatic carboxylic acids is 1. The van der Waals surface area contributed by atoms with Gasteiger partial charge in [0, 0.05) is 18.7 Å². The van der Waals surface area contributed by atoms with Crippen molar-refractivity contribution in [1.82, 2.24) is 9.97 Å². The molecule has 0 spiro atoms. The van der Waals surface area contributed by atoms with Crippen molar-refractivity contribution in [1.29, 1.82) is 0 Å². The lowest BCUT2D eigenvalue weighted by molar-refractivity contribution is 0.0688. The number of rotatable bonds is 3. The number of hydrogen-bond donors (Lipinski definition) is 1. The summed E-state index contributed by atoms with van der Waals surface area (Å²) in [5.41, 5.74) is 0.737. The Morgan fingerprint density at radius 2 is 2.44 bits per heavy atom. The van der Waals surface area contributed by atoms with Crippen LogP contribution in [0.3, 0.4) is 0 Å². The van der Waals surface area contributed by atoms with E-state index in [1.807, 2.05) is 0 Å². The first-order chi connectivity index (χ1) is 7.65. The Hall–Kier alpha value is -1.49. The Kier molecular flexibility index (Phi) is 3.14. The summed E-state index contributed by atoms with van der Waals surface area (Å²) in [6, 6.07) is 1.47. The van der Waals surface area contributed by atoms with Gasteiger partial charge >= 0.3 is 5.97 Å². The minimum absolute atomic E-state index is 0.0560. The number of hydrogen-bond acceptors (Lipinski definition) is 4. The molecule has 1 N–H and O–H groups in total. The molecule has 0 bridgehead atoms. The van der Waals surface area contributed by atoms with Crippen LogP contribution >= 0.6 is 0 Å². The molecule has 1 aromatic heterocycles. The summed E-state index contributed by atoms with van der Waals surface area (Å²) in [7, 11) is 0. The molecule has 1 aliphatic rings. The lowest BCUT2D eigenvalue weighted by Gasteiger charge is -2.08. The fourth-order valence-corrected chi connectivity index (χ4v) is 1.84. The van der Waals surface area contributed by atoms with Crippen LogP contribution < -0.4 is 0 Å². The van der Waals surface area contributed by atoms with Crippen LogP contribution in [0.2, 0.25) is 0 Å². The fraction of sp³-hybridized carbons (Fsp3) is 0.545. The third-order valence-electron chi connectivity index (χ3n) is 2.55. The predicted octanol–water partition coefficient (Wildman–Crippen LogP) is 1.20. The monoisotopic (exact) mass is 222 g/mol. The van der Waals surface area contributed by atoms with Gasteiger partial charge in [-0.15, -0.1) is 0 Å². The lowest BCUT2D eigenvalue weighted by atomic mass is 10.1. The molecule has 5 nitrogen and oxygen atoms in total. The normalized spacial score (nSPS) is 19.9. The maximum atomic E-state index is 10.8. The van der Waals surface area contributed by atoms with Crippen molar-refractivity contribution in [3.8, 4) is 0 Å². The molecule has 0 amide bonds. The smallest absolute Gasteiger partial charge is 0.354 e. The van der Waals surface area contributed by atoms with Gasteiger partial charge in [0.15, 0.2) is 5.69 Å². The maximum absolute atomic E-state index is 10.8. The van der Waals surface area contributed by atoms with Gasteiger partial charge in [0.05, 0.1) is 6.10 Å². The number of carboxylic acid groups (broad SMARTS) is 1. The summed E-state index contributed by atoms with van der Waals surface area (Å²) in [6.45, 7) is 2.55. The summed E-state index contributed by atoms with van der Waals surface area (Å²) < 4.78 is 5.47. The van der Waals surface area contributed by atoms with Gasteiger partial charge < -0.3 is 9.84 Å². The third-order valence-corrected chi connectivity index (χ3v) is 2.55. The number of aromatic nitrogens is 2. The topological polar surface area (TPSA) is 72.3 Å². The van der Waals surface area contributed by atoms with Crippen molar-refractivity contribution < 1.29 is 14.6 Å². The largest absolute Gasteiger partial charge is 0.477 e. The highest BCUT2D eigenvalue weighted by Crippen LogP contribution is 2.15. The number of ether oxygens (including phenoxy) is 1. The highest BCUT2D eigenvalue weighted by atomic mass is 16.5. The molecule has 0 aliphatic carbocycles. The van der Waals surface area contributed by atoms with Gasteiger partial charge in [0.25, 0.3) is 0 Å². The molecule has 0 aromatic carbocycles. The molecular weight excluding hydrogens is 208 g/mol. The second kappa shape index (κ2) is 4.57. The highest BCUT2D eigenvalue weighted by molar-refractivity contribution is 5.85. The van der Waals surface area contributed by atoms with Gasteiger partial charge in [-0.05, 0) is 25.8 Å². The van der Waals surface area contributed by atoms with Crippen LogP contribution in [-0.4, -0.2) is 33.8 Å². The zero-order chi connectivity index (χ0) is 11.5. The second-order valence-electron chi connectivity index (χ2n) is 3.96. The Labute approximate surface area is 93.5 Å². The van der Waals surface area contributed by atoms with E-state index in [9.17, 15) is 4.79 Å². The number of carboxylic acids is 1. The van der Waals surface area contributed by atoms with Gasteiger partial charge in [-0.3, -0.25) is 0 Å². The lowest BCUT2D eigenvalue weighted by Crippen LogP contribution is -2.14. The van der Waals surface area contributed by atoms with E-state index in [-0.39, 0.29) is 11.8 Å². The summed E-state index contributed by atoms with van der Waals surface area (Å²) in [5, 5.41) is 8.87. The van der Waals surface area contributed by atoms with Gasteiger partial charge in [0.1, 0.15) is 5.82 Å². The molecule has 1 fully saturated rings. The van der Waals surface area contributed by atoms with E-state index in [2.05, 4.69) is 9.97 Å². The van der Waals surface area contributed by atoms with Gasteiger partial charge in [0.2, 0.25) is 0 Å². The van der Waals surface area contributed by atoms with Crippen LogP contribution in [0.5, 0.6) is 0 Å². The Balaban J connectivity index is 2.16. The molecule has 1 aromatic rings. The minimum Gasteiger partial charge on any atom is -0.477 e. The van der Waals surface area contributed by atoms with Crippen LogP contribution in [-0.2, 0) is 11.2 Å². The zero-order valence-electron chi connectivity index (χ0n) is 9.14. The van der Waals surface area contributed by atoms with E-state index in [1.165, 1.54) is 6.07 Å². The minimum atomic E-state index is -1.01. The zero-order valence-corrected chi connectivity index (χ0v) is 9.14. The van der Waals surface area contributed by atoms with Crippen LogP contribution in [0.4, 0.5) is 0 Å². The Bertz CT molecular complexity index is 400. The van der Waals surface area contributed by atoms with Gasteiger partial charge in [-0.1, -0.05) is 0 Å². The highest BCUT2D eigenvalue weighted by Gasteiger charge is 2.18. The molecule has 1 saturated heterocycles. The van der Waals surface area contributed by atoms with Crippen molar-refractivity contribution in [3.05, 3.63) is 23.3 Å². The first-order valence-electron chi connectivity index (χ1n) is 5.34.